The van der Waals surface area contributed by atoms with Crippen molar-refractivity contribution in [2.75, 3.05) is 25.4 Å². The lowest BCUT2D eigenvalue weighted by molar-refractivity contribution is -0.132. The third kappa shape index (κ3) is 4.06. The first-order valence-electron chi connectivity index (χ1n) is 11.3. The summed E-state index contributed by atoms with van der Waals surface area (Å²) in [4.78, 5) is 28.0. The molecule has 3 aromatic rings. The number of anilines is 1. The van der Waals surface area contributed by atoms with Gasteiger partial charge in [-0.15, -0.1) is 0 Å². The number of fused-ring (bicyclic) bond motifs is 1. The number of carbonyl (C=O) groups is 2. The van der Waals surface area contributed by atoms with Crippen LogP contribution in [0.3, 0.4) is 0 Å². The SMILES string of the molecule is CCOc1cc(C2/C(=C(\O)c3cc(F)ccc3OC)C(=O)C(=O)N2c2ccc3c(c2)OCO3)ccc1O. The third-order valence-corrected chi connectivity index (χ3v) is 6.09. The van der Waals surface area contributed by atoms with Gasteiger partial charge in [-0.1, -0.05) is 6.07 Å². The third-order valence-electron chi connectivity index (χ3n) is 6.09. The summed E-state index contributed by atoms with van der Waals surface area (Å²) in [6.45, 7) is 2.00. The van der Waals surface area contributed by atoms with Gasteiger partial charge in [0.2, 0.25) is 6.79 Å². The number of aliphatic hydroxyl groups excluding tert-OH is 1. The lowest BCUT2D eigenvalue weighted by atomic mass is 9.94. The van der Waals surface area contributed by atoms with Gasteiger partial charge in [0.1, 0.15) is 17.3 Å². The fourth-order valence-corrected chi connectivity index (χ4v) is 4.43. The molecular formula is C27H22FNO8. The van der Waals surface area contributed by atoms with Gasteiger partial charge >= 0.3 is 0 Å². The van der Waals surface area contributed by atoms with E-state index < -0.39 is 29.3 Å². The van der Waals surface area contributed by atoms with E-state index in [2.05, 4.69) is 0 Å². The monoisotopic (exact) mass is 507 g/mol. The van der Waals surface area contributed by atoms with Crippen LogP contribution in [0, 0.1) is 5.82 Å². The highest BCUT2D eigenvalue weighted by atomic mass is 19.1. The molecule has 190 valence electrons. The van der Waals surface area contributed by atoms with Crippen LogP contribution >= 0.6 is 0 Å². The molecule has 3 aromatic carbocycles. The Hall–Kier alpha value is -4.73. The van der Waals surface area contributed by atoms with Crippen LogP contribution in [0.1, 0.15) is 24.1 Å². The molecule has 1 saturated heterocycles. The van der Waals surface area contributed by atoms with E-state index in [1.807, 2.05) is 0 Å². The van der Waals surface area contributed by atoms with Crippen molar-refractivity contribution in [2.24, 2.45) is 0 Å². The molecule has 2 heterocycles. The number of aromatic hydroxyl groups is 1. The number of ketones is 1. The van der Waals surface area contributed by atoms with Crippen molar-refractivity contribution in [2.45, 2.75) is 13.0 Å². The molecule has 1 amide bonds. The predicted molar refractivity (Wildman–Crippen MR) is 130 cm³/mol. The summed E-state index contributed by atoms with van der Waals surface area (Å²) < 4.78 is 35.7. The number of carbonyl (C=O) groups excluding carboxylic acids is 2. The van der Waals surface area contributed by atoms with Crippen molar-refractivity contribution < 1.29 is 43.1 Å². The van der Waals surface area contributed by atoms with Gasteiger partial charge in [-0.2, -0.15) is 0 Å². The fraction of sp³-hybridized carbons (Fsp3) is 0.185. The van der Waals surface area contributed by atoms with E-state index in [1.165, 1.54) is 36.3 Å². The van der Waals surface area contributed by atoms with Gasteiger partial charge in [-0.3, -0.25) is 14.5 Å². The van der Waals surface area contributed by atoms with E-state index in [0.717, 1.165) is 12.1 Å². The largest absolute Gasteiger partial charge is 0.507 e. The summed E-state index contributed by atoms with van der Waals surface area (Å²) in [7, 11) is 1.33. The molecule has 2 N–H and O–H groups in total. The molecule has 37 heavy (non-hydrogen) atoms. The molecule has 0 saturated carbocycles. The zero-order chi connectivity index (χ0) is 26.3. The van der Waals surface area contributed by atoms with Crippen molar-refractivity contribution in [3.8, 4) is 28.7 Å². The van der Waals surface area contributed by atoms with Crippen LogP contribution in [0.25, 0.3) is 5.76 Å². The maximum Gasteiger partial charge on any atom is 0.300 e. The highest BCUT2D eigenvalue weighted by Gasteiger charge is 2.47. The van der Waals surface area contributed by atoms with Crippen molar-refractivity contribution in [1.29, 1.82) is 0 Å². The second-order valence-electron chi connectivity index (χ2n) is 8.21. The maximum absolute atomic E-state index is 14.2. The van der Waals surface area contributed by atoms with Crippen molar-refractivity contribution in [1.82, 2.24) is 0 Å². The van der Waals surface area contributed by atoms with Crippen LogP contribution in [0.5, 0.6) is 28.7 Å². The molecule has 1 fully saturated rings. The van der Waals surface area contributed by atoms with Gasteiger partial charge in [0, 0.05) is 11.8 Å². The molecule has 0 spiro atoms. The molecule has 2 aliphatic rings. The Labute approximate surface area is 210 Å². The maximum atomic E-state index is 14.2. The number of nitrogens with zero attached hydrogens (tertiary/aromatic N) is 1. The molecule has 1 atom stereocenters. The standard InChI is InChI=1S/C27H22FNO8/c1-3-35-21-10-14(4-7-18(21)30)24-23(25(31)17-11-15(28)5-8-19(17)34-2)26(32)27(33)29(24)16-6-9-20-22(12-16)37-13-36-20/h4-12,24,30-31H,3,13H2,1-2H3/b25-23+. The Bertz CT molecular complexity index is 1450. The molecule has 2 aliphatic heterocycles. The van der Waals surface area contributed by atoms with E-state index in [0.29, 0.717) is 22.7 Å². The molecule has 0 radical (unpaired) electrons. The summed E-state index contributed by atoms with van der Waals surface area (Å²) in [6.07, 6.45) is 0. The zero-order valence-electron chi connectivity index (χ0n) is 19.9. The van der Waals surface area contributed by atoms with Gasteiger partial charge in [0.05, 0.1) is 30.9 Å². The number of phenols is 1. The molecule has 0 aliphatic carbocycles. The average molecular weight is 507 g/mol. The Morgan fingerprint density at radius 3 is 2.59 bits per heavy atom. The molecule has 5 rings (SSSR count). The Morgan fingerprint density at radius 2 is 1.84 bits per heavy atom. The smallest absolute Gasteiger partial charge is 0.300 e. The number of aliphatic hydroxyl groups is 1. The van der Waals surface area contributed by atoms with E-state index in [4.69, 9.17) is 18.9 Å². The molecular weight excluding hydrogens is 485 g/mol. The highest BCUT2D eigenvalue weighted by molar-refractivity contribution is 6.51. The zero-order valence-corrected chi connectivity index (χ0v) is 19.9. The summed E-state index contributed by atoms with van der Waals surface area (Å²) in [5, 5.41) is 21.6. The topological polar surface area (TPSA) is 115 Å². The number of rotatable bonds is 6. The minimum absolute atomic E-state index is 0.01000. The summed E-state index contributed by atoms with van der Waals surface area (Å²) in [5.41, 5.74) is 0.266. The van der Waals surface area contributed by atoms with Crippen LogP contribution < -0.4 is 23.8 Å². The van der Waals surface area contributed by atoms with Crippen molar-refractivity contribution in [3.05, 3.63) is 77.1 Å². The first-order valence-corrected chi connectivity index (χ1v) is 11.3. The number of hydrogen-bond acceptors (Lipinski definition) is 8. The minimum Gasteiger partial charge on any atom is -0.507 e. The first-order chi connectivity index (χ1) is 17.8. The number of ether oxygens (including phenoxy) is 4. The number of Topliss-reactive ketones (excluding diaryl/α,β-unsaturated/α-hetero) is 1. The average Bonchev–Trinajstić information content (AvgIpc) is 3.47. The van der Waals surface area contributed by atoms with Crippen molar-refractivity contribution >= 4 is 23.1 Å². The molecule has 9 nitrogen and oxygen atoms in total. The van der Waals surface area contributed by atoms with Crippen LogP contribution in [0.4, 0.5) is 10.1 Å². The highest BCUT2D eigenvalue weighted by Crippen LogP contribution is 2.46. The Kier molecular flexibility index (Phi) is 6.08. The van der Waals surface area contributed by atoms with E-state index >= 15 is 0 Å². The van der Waals surface area contributed by atoms with Crippen LogP contribution in [-0.2, 0) is 9.59 Å². The number of amides is 1. The molecule has 1 unspecified atom stereocenters. The van der Waals surface area contributed by atoms with E-state index in [1.54, 1.807) is 25.1 Å². The second-order valence-corrected chi connectivity index (χ2v) is 8.21. The number of benzene rings is 3. The Morgan fingerprint density at radius 1 is 1.05 bits per heavy atom. The number of phenolic OH excluding ortho intramolecular Hbond substituents is 1. The summed E-state index contributed by atoms with van der Waals surface area (Å²) >= 11 is 0. The molecule has 0 bridgehead atoms. The molecule has 0 aromatic heterocycles. The van der Waals surface area contributed by atoms with Gasteiger partial charge in [0.15, 0.2) is 23.0 Å². The van der Waals surface area contributed by atoms with Gasteiger partial charge < -0.3 is 29.2 Å². The number of halogens is 1. The number of hydrogen-bond donors (Lipinski definition) is 2. The van der Waals surface area contributed by atoms with Crippen molar-refractivity contribution in [3.63, 3.8) is 0 Å². The lowest BCUT2D eigenvalue weighted by Crippen LogP contribution is -2.29. The van der Waals surface area contributed by atoms with E-state index in [9.17, 15) is 24.2 Å². The van der Waals surface area contributed by atoms with Crippen LogP contribution in [-0.4, -0.2) is 42.4 Å². The minimum atomic E-state index is -1.16. The first kappa shape index (κ1) is 24.0. The van der Waals surface area contributed by atoms with E-state index in [-0.39, 0.29) is 41.8 Å². The quantitative estimate of drug-likeness (QED) is 0.289. The fourth-order valence-electron chi connectivity index (χ4n) is 4.43. The number of methoxy groups -OCH3 is 1. The lowest BCUT2D eigenvalue weighted by Gasteiger charge is -2.26. The Balaban J connectivity index is 1.75. The predicted octanol–water partition coefficient (Wildman–Crippen LogP) is 4.29. The molecule has 10 heteroatoms. The summed E-state index contributed by atoms with van der Waals surface area (Å²) in [6, 6.07) is 11.4. The second kappa shape index (κ2) is 9.38. The van der Waals surface area contributed by atoms with Crippen LogP contribution in [0.2, 0.25) is 0 Å². The summed E-state index contributed by atoms with van der Waals surface area (Å²) in [5.74, 6) is -2.26. The van der Waals surface area contributed by atoms with Crippen LogP contribution in [0.15, 0.2) is 60.2 Å². The van der Waals surface area contributed by atoms with Gasteiger partial charge in [-0.25, -0.2) is 4.39 Å². The van der Waals surface area contributed by atoms with Gasteiger partial charge in [0.25, 0.3) is 11.7 Å². The van der Waals surface area contributed by atoms with Gasteiger partial charge in [-0.05, 0) is 55.0 Å². The normalized spacial score (nSPS) is 17.8.